The molecule has 0 fully saturated rings. The van der Waals surface area contributed by atoms with Gasteiger partial charge in [0.05, 0.1) is 18.6 Å². The van der Waals surface area contributed by atoms with Crippen molar-refractivity contribution in [2.45, 2.75) is 19.8 Å². The van der Waals surface area contributed by atoms with Gasteiger partial charge in [-0.3, -0.25) is 9.59 Å². The highest BCUT2D eigenvalue weighted by Crippen LogP contribution is 2.33. The van der Waals surface area contributed by atoms with Gasteiger partial charge in [0.25, 0.3) is 0 Å². The first kappa shape index (κ1) is 14.3. The van der Waals surface area contributed by atoms with Gasteiger partial charge in [0.15, 0.2) is 5.78 Å². The summed E-state index contributed by atoms with van der Waals surface area (Å²) in [4.78, 5) is 23.7. The van der Waals surface area contributed by atoms with Crippen LogP contribution in [-0.4, -0.2) is 23.5 Å². The van der Waals surface area contributed by atoms with Gasteiger partial charge in [-0.2, -0.15) is 0 Å². The van der Waals surface area contributed by atoms with Crippen molar-refractivity contribution >= 4 is 11.8 Å². The normalized spacial score (nSPS) is 12.6. The Morgan fingerprint density at radius 3 is 2.59 bits per heavy atom. The van der Waals surface area contributed by atoms with Gasteiger partial charge in [-0.1, -0.05) is 35.9 Å². The van der Waals surface area contributed by atoms with Gasteiger partial charge >= 0.3 is 5.97 Å². The van der Waals surface area contributed by atoms with Crippen molar-refractivity contribution < 1.29 is 19.4 Å². The zero-order chi connectivity index (χ0) is 15.7. The molecule has 2 aromatic rings. The second-order valence-electron chi connectivity index (χ2n) is 5.50. The summed E-state index contributed by atoms with van der Waals surface area (Å²) in [6, 6.07) is 10.8. The number of ketones is 1. The Bertz CT molecular complexity index is 744. The van der Waals surface area contributed by atoms with Crippen LogP contribution in [0.4, 0.5) is 0 Å². The fraction of sp³-hybridized carbons (Fsp3) is 0.222. The van der Waals surface area contributed by atoms with Gasteiger partial charge < -0.3 is 9.84 Å². The number of aliphatic carboxylic acids is 1. The number of aryl methyl sites for hydroxylation is 1. The Morgan fingerprint density at radius 1 is 1.18 bits per heavy atom. The molecule has 1 aliphatic heterocycles. The number of carbonyl (C=O) groups excluding carboxylic acids is 1. The van der Waals surface area contributed by atoms with E-state index in [4.69, 9.17) is 9.84 Å². The molecule has 3 rings (SSSR count). The molecule has 0 spiro atoms. The predicted octanol–water partition coefficient (Wildman–Crippen LogP) is 2.79. The van der Waals surface area contributed by atoms with E-state index in [1.54, 1.807) is 18.2 Å². The summed E-state index contributed by atoms with van der Waals surface area (Å²) in [5, 5.41) is 8.98. The maximum atomic E-state index is 12.7. The fourth-order valence-corrected chi connectivity index (χ4v) is 2.68. The van der Waals surface area contributed by atoms with Crippen LogP contribution < -0.4 is 4.74 Å². The van der Waals surface area contributed by atoms with E-state index < -0.39 is 5.97 Å². The average molecular weight is 296 g/mol. The minimum Gasteiger partial charge on any atom is -0.492 e. The molecule has 0 aromatic heterocycles. The summed E-state index contributed by atoms with van der Waals surface area (Å²) < 4.78 is 5.59. The number of fused-ring (bicyclic) bond motifs is 1. The zero-order valence-electron chi connectivity index (χ0n) is 12.3. The monoisotopic (exact) mass is 296 g/mol. The highest BCUT2D eigenvalue weighted by atomic mass is 16.5. The number of rotatable bonds is 4. The van der Waals surface area contributed by atoms with Crippen LogP contribution in [-0.2, 0) is 17.6 Å². The lowest BCUT2D eigenvalue weighted by Crippen LogP contribution is -2.07. The minimum atomic E-state index is -0.910. The quantitative estimate of drug-likeness (QED) is 0.881. The Balaban J connectivity index is 2.05. The molecule has 0 atom stereocenters. The van der Waals surface area contributed by atoms with Crippen LogP contribution in [0.1, 0.15) is 32.6 Å². The first-order valence-electron chi connectivity index (χ1n) is 7.16. The van der Waals surface area contributed by atoms with E-state index >= 15 is 0 Å². The van der Waals surface area contributed by atoms with Crippen LogP contribution in [0, 0.1) is 6.92 Å². The number of benzene rings is 2. The van der Waals surface area contributed by atoms with Crippen molar-refractivity contribution in [3.8, 4) is 5.75 Å². The summed E-state index contributed by atoms with van der Waals surface area (Å²) in [7, 11) is 0. The van der Waals surface area contributed by atoms with E-state index in [1.165, 1.54) is 0 Å². The van der Waals surface area contributed by atoms with Crippen molar-refractivity contribution in [2.75, 3.05) is 6.61 Å². The van der Waals surface area contributed by atoms with Crippen LogP contribution >= 0.6 is 0 Å². The van der Waals surface area contributed by atoms with Crippen molar-refractivity contribution in [3.05, 3.63) is 64.2 Å². The van der Waals surface area contributed by atoms with Crippen molar-refractivity contribution in [3.63, 3.8) is 0 Å². The lowest BCUT2D eigenvalue weighted by Gasteiger charge is -2.10. The molecule has 0 bridgehead atoms. The summed E-state index contributed by atoms with van der Waals surface area (Å²) in [5.41, 5.74) is 3.66. The maximum Gasteiger partial charge on any atom is 0.307 e. The number of hydrogen-bond acceptors (Lipinski definition) is 3. The lowest BCUT2D eigenvalue weighted by molar-refractivity contribution is -0.136. The lowest BCUT2D eigenvalue weighted by atomic mass is 9.95. The number of carboxylic acids is 1. The molecule has 0 radical (unpaired) electrons. The van der Waals surface area contributed by atoms with E-state index in [2.05, 4.69) is 0 Å². The molecule has 1 N–H and O–H groups in total. The zero-order valence-corrected chi connectivity index (χ0v) is 12.3. The summed E-state index contributed by atoms with van der Waals surface area (Å²) in [5.74, 6) is -0.447. The Labute approximate surface area is 128 Å². The number of carboxylic acid groups (broad SMARTS) is 1. The van der Waals surface area contributed by atoms with Crippen LogP contribution in [0.3, 0.4) is 0 Å². The van der Waals surface area contributed by atoms with E-state index in [1.807, 2.05) is 25.1 Å². The topological polar surface area (TPSA) is 63.6 Å². The molecule has 0 amide bonds. The molecular formula is C18H16O4. The molecule has 4 nitrogen and oxygen atoms in total. The van der Waals surface area contributed by atoms with Crippen LogP contribution in [0.15, 0.2) is 36.4 Å². The summed E-state index contributed by atoms with van der Waals surface area (Å²) in [6.07, 6.45) is 0.610. The molecule has 112 valence electrons. The number of carbonyl (C=O) groups is 2. The molecule has 0 saturated heterocycles. The largest absolute Gasteiger partial charge is 0.492 e. The molecule has 1 heterocycles. The van der Waals surface area contributed by atoms with Gasteiger partial charge in [-0.15, -0.1) is 0 Å². The molecule has 0 aliphatic carbocycles. The highest BCUT2D eigenvalue weighted by molar-refractivity contribution is 6.11. The van der Waals surface area contributed by atoms with Crippen molar-refractivity contribution in [1.82, 2.24) is 0 Å². The second kappa shape index (κ2) is 5.64. The van der Waals surface area contributed by atoms with Gasteiger partial charge in [0.1, 0.15) is 5.75 Å². The SMILES string of the molecule is Cc1ccc(C(=O)c2cc(CC(=O)O)cc3c2OCC3)cc1. The fourth-order valence-electron chi connectivity index (χ4n) is 2.68. The van der Waals surface area contributed by atoms with Crippen LogP contribution in [0.5, 0.6) is 5.75 Å². The third-order valence-corrected chi connectivity index (χ3v) is 3.76. The van der Waals surface area contributed by atoms with Gasteiger partial charge in [0, 0.05) is 12.0 Å². The Morgan fingerprint density at radius 2 is 1.91 bits per heavy atom. The molecule has 4 heteroatoms. The Hall–Kier alpha value is -2.62. The third kappa shape index (κ3) is 2.72. The average Bonchev–Trinajstić information content (AvgIpc) is 2.94. The number of ether oxygens (including phenoxy) is 1. The van der Waals surface area contributed by atoms with Crippen LogP contribution in [0.2, 0.25) is 0 Å². The third-order valence-electron chi connectivity index (χ3n) is 3.76. The molecule has 0 saturated carbocycles. The minimum absolute atomic E-state index is 0.0958. The van der Waals surface area contributed by atoms with E-state index in [0.717, 1.165) is 11.1 Å². The van der Waals surface area contributed by atoms with Gasteiger partial charge in [0.2, 0.25) is 0 Å². The molecule has 2 aromatic carbocycles. The van der Waals surface area contributed by atoms with Crippen molar-refractivity contribution in [1.29, 1.82) is 0 Å². The molecule has 1 aliphatic rings. The Kier molecular flexibility index (Phi) is 3.67. The maximum absolute atomic E-state index is 12.7. The van der Waals surface area contributed by atoms with Gasteiger partial charge in [-0.25, -0.2) is 0 Å². The predicted molar refractivity (Wildman–Crippen MR) is 81.6 cm³/mol. The summed E-state index contributed by atoms with van der Waals surface area (Å²) >= 11 is 0. The standard InChI is InChI=1S/C18H16O4/c1-11-2-4-13(5-3-11)17(21)15-9-12(10-16(19)20)8-14-6-7-22-18(14)15/h2-5,8-9H,6-7,10H2,1H3,(H,19,20). The first-order valence-corrected chi connectivity index (χ1v) is 7.16. The van der Waals surface area contributed by atoms with Gasteiger partial charge in [-0.05, 0) is 24.1 Å². The first-order chi connectivity index (χ1) is 10.5. The number of hydrogen-bond donors (Lipinski definition) is 1. The summed E-state index contributed by atoms with van der Waals surface area (Å²) in [6.45, 7) is 2.49. The smallest absolute Gasteiger partial charge is 0.307 e. The second-order valence-corrected chi connectivity index (χ2v) is 5.50. The van der Waals surface area contributed by atoms with Crippen molar-refractivity contribution in [2.24, 2.45) is 0 Å². The molecular weight excluding hydrogens is 280 g/mol. The molecule has 22 heavy (non-hydrogen) atoms. The van der Waals surface area contributed by atoms with E-state index in [-0.39, 0.29) is 12.2 Å². The molecule has 0 unspecified atom stereocenters. The highest BCUT2D eigenvalue weighted by Gasteiger charge is 2.23. The van der Waals surface area contributed by atoms with E-state index in [9.17, 15) is 9.59 Å². The van der Waals surface area contributed by atoms with E-state index in [0.29, 0.717) is 35.5 Å². The van der Waals surface area contributed by atoms with Crippen LogP contribution in [0.25, 0.3) is 0 Å².